The van der Waals surface area contributed by atoms with Crippen LogP contribution in [-0.4, -0.2) is 15.2 Å². The number of hydrogen-bond acceptors (Lipinski definition) is 1. The topological polar surface area (TPSA) is 29.1 Å². The Morgan fingerprint density at radius 2 is 1.94 bits per heavy atom. The van der Waals surface area contributed by atoms with E-state index in [-0.39, 0.29) is 5.41 Å². The van der Waals surface area contributed by atoms with Crippen LogP contribution in [0.4, 0.5) is 0 Å². The standard InChI is InChI=1S/C13H20Cl3NO/c1-5-12(17-10(18)13(14,15)16)7-9(2)6-11(3,4)8-12/h5,9H,1,6-8H2,2-4H3,(H,17,18). The fourth-order valence-corrected chi connectivity index (χ4v) is 3.38. The quantitative estimate of drug-likeness (QED) is 0.599. The fraction of sp³-hybridized carbons (Fsp3) is 0.769. The summed E-state index contributed by atoms with van der Waals surface area (Å²) in [4.78, 5) is 11.9. The van der Waals surface area contributed by atoms with Gasteiger partial charge in [-0.25, -0.2) is 0 Å². The molecule has 2 unspecified atom stereocenters. The number of halogens is 3. The monoisotopic (exact) mass is 311 g/mol. The summed E-state index contributed by atoms with van der Waals surface area (Å²) in [5.74, 6) is -0.0975. The molecule has 2 nitrogen and oxygen atoms in total. The second kappa shape index (κ2) is 5.22. The van der Waals surface area contributed by atoms with Crippen molar-refractivity contribution in [1.82, 2.24) is 5.32 Å². The third kappa shape index (κ3) is 4.04. The second-order valence-corrected chi connectivity index (χ2v) is 8.45. The lowest BCUT2D eigenvalue weighted by molar-refractivity contribution is -0.122. The molecule has 0 aromatic heterocycles. The van der Waals surface area contributed by atoms with Gasteiger partial charge >= 0.3 is 0 Å². The van der Waals surface area contributed by atoms with E-state index in [1.807, 2.05) is 0 Å². The first kappa shape index (κ1) is 16.1. The van der Waals surface area contributed by atoms with E-state index in [2.05, 4.69) is 32.7 Å². The van der Waals surface area contributed by atoms with Crippen molar-refractivity contribution in [2.75, 3.05) is 0 Å². The molecule has 1 fully saturated rings. The number of nitrogens with one attached hydrogen (secondary N) is 1. The molecule has 2 atom stereocenters. The van der Waals surface area contributed by atoms with Crippen molar-refractivity contribution in [3.8, 4) is 0 Å². The molecule has 1 aliphatic rings. The van der Waals surface area contributed by atoms with Gasteiger partial charge in [0.2, 0.25) is 0 Å². The summed E-state index contributed by atoms with van der Waals surface area (Å²) in [6.07, 6.45) is 4.53. The maximum Gasteiger partial charge on any atom is 0.272 e. The zero-order chi connectivity index (χ0) is 14.2. The predicted octanol–water partition coefficient (Wildman–Crippen LogP) is 4.24. The van der Waals surface area contributed by atoms with E-state index in [1.165, 1.54) is 0 Å². The first-order valence-electron chi connectivity index (χ1n) is 6.03. The zero-order valence-electron chi connectivity index (χ0n) is 11.0. The van der Waals surface area contributed by atoms with Crippen LogP contribution in [0.15, 0.2) is 12.7 Å². The van der Waals surface area contributed by atoms with Crippen molar-refractivity contribution in [2.24, 2.45) is 11.3 Å². The van der Waals surface area contributed by atoms with Gasteiger partial charge in [0.15, 0.2) is 0 Å². The minimum absolute atomic E-state index is 0.132. The largest absolute Gasteiger partial charge is 0.343 e. The number of alkyl halides is 3. The van der Waals surface area contributed by atoms with Crippen molar-refractivity contribution >= 4 is 40.7 Å². The molecule has 18 heavy (non-hydrogen) atoms. The SMILES string of the molecule is C=CC1(NC(=O)C(Cl)(Cl)Cl)CC(C)CC(C)(C)C1. The molecule has 1 rings (SSSR count). The Balaban J connectivity index is 2.92. The highest BCUT2D eigenvalue weighted by Gasteiger charge is 2.44. The van der Waals surface area contributed by atoms with Gasteiger partial charge in [-0.2, -0.15) is 0 Å². The molecule has 104 valence electrons. The van der Waals surface area contributed by atoms with Crippen LogP contribution >= 0.6 is 34.8 Å². The molecular weight excluding hydrogens is 293 g/mol. The third-order valence-electron chi connectivity index (χ3n) is 3.42. The average molecular weight is 313 g/mol. The highest BCUT2D eigenvalue weighted by molar-refractivity contribution is 6.76. The Morgan fingerprint density at radius 3 is 2.33 bits per heavy atom. The van der Waals surface area contributed by atoms with Gasteiger partial charge in [-0.15, -0.1) is 6.58 Å². The van der Waals surface area contributed by atoms with E-state index >= 15 is 0 Å². The zero-order valence-corrected chi connectivity index (χ0v) is 13.3. The van der Waals surface area contributed by atoms with Gasteiger partial charge in [0.05, 0.1) is 5.54 Å². The van der Waals surface area contributed by atoms with Gasteiger partial charge in [-0.3, -0.25) is 4.79 Å². The number of carbonyl (C=O) groups is 1. The van der Waals surface area contributed by atoms with Gasteiger partial charge in [-0.1, -0.05) is 61.7 Å². The van der Waals surface area contributed by atoms with Crippen LogP contribution in [0.2, 0.25) is 0 Å². The molecule has 0 radical (unpaired) electrons. The third-order valence-corrected chi connectivity index (χ3v) is 3.93. The van der Waals surface area contributed by atoms with E-state index in [0.29, 0.717) is 5.92 Å². The molecule has 0 heterocycles. The minimum Gasteiger partial charge on any atom is -0.343 e. The maximum atomic E-state index is 11.9. The normalized spacial score (nSPS) is 31.8. The van der Waals surface area contributed by atoms with Crippen molar-refractivity contribution in [1.29, 1.82) is 0 Å². The molecule has 0 aliphatic heterocycles. The Kier molecular flexibility index (Phi) is 4.68. The van der Waals surface area contributed by atoms with Gasteiger partial charge < -0.3 is 5.32 Å². The van der Waals surface area contributed by atoms with Gasteiger partial charge in [-0.05, 0) is 30.6 Å². The van der Waals surface area contributed by atoms with Crippen LogP contribution in [0.25, 0.3) is 0 Å². The molecule has 1 amide bonds. The lowest BCUT2D eigenvalue weighted by Crippen LogP contribution is -2.55. The summed E-state index contributed by atoms with van der Waals surface area (Å²) < 4.78 is -1.93. The Bertz CT molecular complexity index is 349. The lowest BCUT2D eigenvalue weighted by atomic mass is 9.64. The summed E-state index contributed by atoms with van der Waals surface area (Å²) in [6, 6.07) is 0. The fourth-order valence-electron chi connectivity index (χ4n) is 3.23. The predicted molar refractivity (Wildman–Crippen MR) is 78.2 cm³/mol. The van der Waals surface area contributed by atoms with E-state index in [4.69, 9.17) is 34.8 Å². The van der Waals surface area contributed by atoms with Crippen LogP contribution in [0, 0.1) is 11.3 Å². The second-order valence-electron chi connectivity index (χ2n) is 6.17. The van der Waals surface area contributed by atoms with Crippen LogP contribution in [0.1, 0.15) is 40.0 Å². The summed E-state index contributed by atoms with van der Waals surface area (Å²) in [5, 5.41) is 2.86. The highest BCUT2D eigenvalue weighted by Crippen LogP contribution is 2.44. The van der Waals surface area contributed by atoms with Crippen LogP contribution in [0.3, 0.4) is 0 Å². The van der Waals surface area contributed by atoms with Crippen LogP contribution < -0.4 is 5.32 Å². The molecule has 0 spiro atoms. The van der Waals surface area contributed by atoms with Gasteiger partial charge in [0, 0.05) is 0 Å². The molecule has 1 aliphatic carbocycles. The van der Waals surface area contributed by atoms with Gasteiger partial charge in [0.25, 0.3) is 9.70 Å². The van der Waals surface area contributed by atoms with Crippen LogP contribution in [-0.2, 0) is 4.79 Å². The summed E-state index contributed by atoms with van der Waals surface area (Å²) in [5.41, 5.74) is -0.352. The van der Waals surface area contributed by atoms with Crippen molar-refractivity contribution < 1.29 is 4.79 Å². The number of rotatable bonds is 2. The Hall–Kier alpha value is 0.0800. The van der Waals surface area contributed by atoms with E-state index < -0.39 is 15.2 Å². The Morgan fingerprint density at radius 1 is 1.39 bits per heavy atom. The van der Waals surface area contributed by atoms with Crippen LogP contribution in [0.5, 0.6) is 0 Å². The number of carbonyl (C=O) groups excluding carboxylic acids is 1. The van der Waals surface area contributed by atoms with Crippen molar-refractivity contribution in [3.05, 3.63) is 12.7 Å². The summed E-state index contributed by atoms with van der Waals surface area (Å²) >= 11 is 16.8. The summed E-state index contributed by atoms with van der Waals surface area (Å²) in [6.45, 7) is 10.4. The summed E-state index contributed by atoms with van der Waals surface area (Å²) in [7, 11) is 0. The highest BCUT2D eigenvalue weighted by atomic mass is 35.6. The van der Waals surface area contributed by atoms with Crippen molar-refractivity contribution in [2.45, 2.75) is 49.4 Å². The molecule has 0 aromatic rings. The molecule has 1 N–H and O–H groups in total. The van der Waals surface area contributed by atoms with Gasteiger partial charge in [0.1, 0.15) is 0 Å². The van der Waals surface area contributed by atoms with E-state index in [0.717, 1.165) is 19.3 Å². The minimum atomic E-state index is -1.93. The first-order chi connectivity index (χ1) is 8.00. The number of hydrogen-bond donors (Lipinski definition) is 1. The average Bonchev–Trinajstić information content (AvgIpc) is 2.12. The number of amides is 1. The smallest absolute Gasteiger partial charge is 0.272 e. The van der Waals surface area contributed by atoms with Crippen molar-refractivity contribution in [3.63, 3.8) is 0 Å². The molecular formula is C13H20Cl3NO. The maximum absolute atomic E-state index is 11.9. The lowest BCUT2D eigenvalue weighted by Gasteiger charge is -2.47. The van der Waals surface area contributed by atoms with E-state index in [9.17, 15) is 4.79 Å². The van der Waals surface area contributed by atoms with E-state index in [1.54, 1.807) is 6.08 Å². The molecule has 0 aromatic carbocycles. The molecule has 5 heteroatoms. The first-order valence-corrected chi connectivity index (χ1v) is 7.16. The Labute approximate surface area is 124 Å². The molecule has 1 saturated carbocycles. The molecule has 0 saturated heterocycles. The molecule has 0 bridgehead atoms.